The molecule has 0 unspecified atom stereocenters. The van der Waals surface area contributed by atoms with Crippen molar-refractivity contribution < 1.29 is 13.9 Å². The molecule has 1 amide bonds. The largest absolute Gasteiger partial charge is 0.383 e. The van der Waals surface area contributed by atoms with Crippen LogP contribution in [0.15, 0.2) is 6.07 Å². The van der Waals surface area contributed by atoms with Gasteiger partial charge in [0.05, 0.1) is 12.2 Å². The van der Waals surface area contributed by atoms with E-state index in [9.17, 15) is 9.18 Å². The van der Waals surface area contributed by atoms with Gasteiger partial charge in [-0.2, -0.15) is 0 Å². The van der Waals surface area contributed by atoms with E-state index in [0.29, 0.717) is 13.2 Å². The number of amides is 1. The third-order valence-corrected chi connectivity index (χ3v) is 2.28. The number of halogens is 3. The van der Waals surface area contributed by atoms with Crippen LogP contribution >= 0.6 is 23.2 Å². The van der Waals surface area contributed by atoms with Crippen molar-refractivity contribution in [2.24, 2.45) is 0 Å². The highest BCUT2D eigenvalue weighted by Crippen LogP contribution is 2.19. The average Bonchev–Trinajstić information content (AvgIpc) is 2.23. The van der Waals surface area contributed by atoms with E-state index in [1.165, 1.54) is 7.11 Å². The van der Waals surface area contributed by atoms with Gasteiger partial charge in [0.25, 0.3) is 5.91 Å². The fraction of sp³-hybridized carbons (Fsp3) is 0.333. The summed E-state index contributed by atoms with van der Waals surface area (Å²) in [4.78, 5) is 15.0. The molecule has 7 heteroatoms. The van der Waals surface area contributed by atoms with Gasteiger partial charge in [0.2, 0.25) is 0 Å². The standard InChI is InChI=1S/C9H9Cl2FN2O2/c1-16-3-2-13-9(15)5-4-6(12)8(11)14-7(5)10/h4H,2-3H2,1H3,(H,13,15). The van der Waals surface area contributed by atoms with E-state index in [1.54, 1.807) is 0 Å². The zero-order chi connectivity index (χ0) is 12.1. The third-order valence-electron chi connectivity index (χ3n) is 1.72. The summed E-state index contributed by atoms with van der Waals surface area (Å²) in [6.45, 7) is 0.656. The molecule has 1 aromatic rings. The van der Waals surface area contributed by atoms with Gasteiger partial charge < -0.3 is 10.1 Å². The zero-order valence-corrected chi connectivity index (χ0v) is 9.90. The molecule has 0 aliphatic carbocycles. The first-order valence-electron chi connectivity index (χ1n) is 4.35. The number of hydrogen-bond acceptors (Lipinski definition) is 3. The van der Waals surface area contributed by atoms with Crippen molar-refractivity contribution in [2.45, 2.75) is 0 Å². The second-order valence-corrected chi connectivity index (χ2v) is 3.56. The normalized spacial score (nSPS) is 10.2. The molecule has 0 atom stereocenters. The predicted octanol–water partition coefficient (Wildman–Crippen LogP) is 1.90. The first-order chi connectivity index (χ1) is 7.56. The van der Waals surface area contributed by atoms with Crippen LogP contribution in [-0.4, -0.2) is 31.2 Å². The minimum absolute atomic E-state index is 0.0559. The number of carbonyl (C=O) groups excluding carboxylic acids is 1. The number of aromatic nitrogens is 1. The Balaban J connectivity index is 2.79. The van der Waals surface area contributed by atoms with Crippen molar-refractivity contribution in [1.82, 2.24) is 10.3 Å². The lowest BCUT2D eigenvalue weighted by Gasteiger charge is -2.06. The van der Waals surface area contributed by atoms with Crippen molar-refractivity contribution in [2.75, 3.05) is 20.3 Å². The quantitative estimate of drug-likeness (QED) is 0.669. The summed E-state index contributed by atoms with van der Waals surface area (Å²) in [6.07, 6.45) is 0. The highest BCUT2D eigenvalue weighted by molar-refractivity contribution is 6.34. The minimum atomic E-state index is -0.789. The van der Waals surface area contributed by atoms with Crippen LogP contribution in [0.4, 0.5) is 4.39 Å². The minimum Gasteiger partial charge on any atom is -0.383 e. The number of carbonyl (C=O) groups is 1. The Bertz CT molecular complexity index is 401. The van der Waals surface area contributed by atoms with E-state index < -0.39 is 11.7 Å². The monoisotopic (exact) mass is 266 g/mol. The highest BCUT2D eigenvalue weighted by Gasteiger charge is 2.14. The molecular formula is C9H9Cl2FN2O2. The Morgan fingerprint density at radius 3 is 2.88 bits per heavy atom. The van der Waals surface area contributed by atoms with Crippen LogP contribution in [-0.2, 0) is 4.74 Å². The van der Waals surface area contributed by atoms with Crippen LogP contribution in [0, 0.1) is 5.82 Å². The maximum absolute atomic E-state index is 13.1. The molecule has 0 aromatic carbocycles. The summed E-state index contributed by atoms with van der Waals surface area (Å²) in [5, 5.41) is 1.99. The van der Waals surface area contributed by atoms with Gasteiger partial charge in [-0.1, -0.05) is 23.2 Å². The number of hydrogen-bond donors (Lipinski definition) is 1. The number of nitrogens with zero attached hydrogens (tertiary/aromatic N) is 1. The average molecular weight is 267 g/mol. The molecule has 0 radical (unpaired) electrons. The smallest absolute Gasteiger partial charge is 0.254 e. The first kappa shape index (κ1) is 13.2. The summed E-state index contributed by atoms with van der Waals surface area (Å²) in [6, 6.07) is 0.944. The number of pyridine rings is 1. The summed E-state index contributed by atoms with van der Waals surface area (Å²) >= 11 is 11.1. The van der Waals surface area contributed by atoms with Crippen LogP contribution < -0.4 is 5.32 Å². The number of nitrogens with one attached hydrogen (secondary N) is 1. The zero-order valence-electron chi connectivity index (χ0n) is 8.39. The molecule has 0 aliphatic heterocycles. The highest BCUT2D eigenvalue weighted by atomic mass is 35.5. The fourth-order valence-electron chi connectivity index (χ4n) is 0.967. The topological polar surface area (TPSA) is 51.2 Å². The molecule has 1 N–H and O–H groups in total. The molecule has 0 aliphatic rings. The molecule has 1 rings (SSSR count). The van der Waals surface area contributed by atoms with E-state index in [0.717, 1.165) is 6.07 Å². The lowest BCUT2D eigenvalue weighted by Crippen LogP contribution is -2.27. The molecule has 16 heavy (non-hydrogen) atoms. The van der Waals surface area contributed by atoms with Crippen molar-refractivity contribution >= 4 is 29.1 Å². The Morgan fingerprint density at radius 2 is 2.25 bits per heavy atom. The second kappa shape index (κ2) is 5.98. The van der Waals surface area contributed by atoms with E-state index in [2.05, 4.69) is 10.3 Å². The third kappa shape index (κ3) is 3.30. The van der Waals surface area contributed by atoms with Crippen LogP contribution in [0.5, 0.6) is 0 Å². The van der Waals surface area contributed by atoms with Crippen LogP contribution in [0.25, 0.3) is 0 Å². The molecule has 0 fully saturated rings. The van der Waals surface area contributed by atoms with Crippen molar-refractivity contribution in [1.29, 1.82) is 0 Å². The van der Waals surface area contributed by atoms with Crippen molar-refractivity contribution in [3.63, 3.8) is 0 Å². The van der Waals surface area contributed by atoms with Gasteiger partial charge in [0.15, 0.2) is 11.0 Å². The summed E-state index contributed by atoms with van der Waals surface area (Å²) in [5.74, 6) is -1.31. The summed E-state index contributed by atoms with van der Waals surface area (Å²) in [5.41, 5.74) is -0.0559. The second-order valence-electron chi connectivity index (χ2n) is 2.85. The Kier molecular flexibility index (Phi) is 4.92. The van der Waals surface area contributed by atoms with E-state index in [-0.39, 0.29) is 15.9 Å². The Hall–Kier alpha value is -0.910. The molecule has 0 bridgehead atoms. The number of methoxy groups -OCH3 is 1. The summed E-state index contributed by atoms with van der Waals surface area (Å²) < 4.78 is 17.8. The van der Waals surface area contributed by atoms with Crippen LogP contribution in [0.3, 0.4) is 0 Å². The van der Waals surface area contributed by atoms with Gasteiger partial charge in [0, 0.05) is 13.7 Å². The lowest BCUT2D eigenvalue weighted by molar-refractivity contribution is 0.0936. The Labute approximate surface area is 102 Å². The van der Waals surface area contributed by atoms with Gasteiger partial charge >= 0.3 is 0 Å². The predicted molar refractivity (Wildman–Crippen MR) is 58.4 cm³/mol. The SMILES string of the molecule is COCCNC(=O)c1cc(F)c(Cl)nc1Cl. The maximum atomic E-state index is 13.1. The molecule has 0 saturated carbocycles. The van der Waals surface area contributed by atoms with Gasteiger partial charge in [-0.15, -0.1) is 0 Å². The molecule has 0 spiro atoms. The van der Waals surface area contributed by atoms with Crippen LogP contribution in [0.2, 0.25) is 10.3 Å². The molecule has 1 aromatic heterocycles. The first-order valence-corrected chi connectivity index (χ1v) is 5.10. The molecule has 0 saturated heterocycles. The van der Waals surface area contributed by atoms with Gasteiger partial charge in [0.1, 0.15) is 5.15 Å². The lowest BCUT2D eigenvalue weighted by atomic mass is 10.2. The Morgan fingerprint density at radius 1 is 1.56 bits per heavy atom. The number of ether oxygens (including phenoxy) is 1. The van der Waals surface area contributed by atoms with Gasteiger partial charge in [-0.05, 0) is 6.07 Å². The molecule has 4 nitrogen and oxygen atoms in total. The van der Waals surface area contributed by atoms with E-state index in [1.807, 2.05) is 0 Å². The fourth-order valence-corrected chi connectivity index (χ4v) is 1.37. The van der Waals surface area contributed by atoms with E-state index in [4.69, 9.17) is 27.9 Å². The maximum Gasteiger partial charge on any atom is 0.254 e. The van der Waals surface area contributed by atoms with Crippen LogP contribution in [0.1, 0.15) is 10.4 Å². The van der Waals surface area contributed by atoms with E-state index >= 15 is 0 Å². The summed E-state index contributed by atoms with van der Waals surface area (Å²) in [7, 11) is 1.50. The molecule has 88 valence electrons. The van der Waals surface area contributed by atoms with Gasteiger partial charge in [-0.3, -0.25) is 4.79 Å². The molecule has 1 heterocycles. The van der Waals surface area contributed by atoms with Gasteiger partial charge in [-0.25, -0.2) is 9.37 Å². The number of rotatable bonds is 4. The van der Waals surface area contributed by atoms with Crippen molar-refractivity contribution in [3.05, 3.63) is 27.8 Å². The van der Waals surface area contributed by atoms with Crippen molar-refractivity contribution in [3.8, 4) is 0 Å². The molecular weight excluding hydrogens is 258 g/mol.